The van der Waals surface area contributed by atoms with E-state index in [9.17, 15) is 10.1 Å². The first-order chi connectivity index (χ1) is 18.8. The van der Waals surface area contributed by atoms with Crippen molar-refractivity contribution in [2.45, 2.75) is 18.9 Å². The highest BCUT2D eigenvalue weighted by Gasteiger charge is 2.29. The lowest BCUT2D eigenvalue weighted by molar-refractivity contribution is -0.131. The molecule has 0 saturated carbocycles. The molecule has 1 heterocycles. The quantitative estimate of drug-likeness (QED) is 0.269. The van der Waals surface area contributed by atoms with Crippen LogP contribution in [-0.2, 0) is 4.79 Å². The predicted molar refractivity (Wildman–Crippen MR) is 162 cm³/mol. The number of nitrogens with zero attached hydrogens (tertiary/aromatic N) is 5. The van der Waals surface area contributed by atoms with Gasteiger partial charge in [-0.25, -0.2) is 0 Å². The van der Waals surface area contributed by atoms with Crippen LogP contribution in [0.4, 0.5) is 11.4 Å². The number of benzene rings is 3. The van der Waals surface area contributed by atoms with Gasteiger partial charge in [0.25, 0.3) is 0 Å². The lowest BCUT2D eigenvalue weighted by atomic mass is 9.99. The molecular formula is C31H35Cl2N5O. The van der Waals surface area contributed by atoms with Gasteiger partial charge in [0.2, 0.25) is 5.91 Å². The number of likely N-dealkylation sites (tertiary alicyclic amines) is 1. The fraction of sp³-hybridized carbons (Fsp3) is 0.355. The predicted octanol–water partition coefficient (Wildman–Crippen LogP) is 6.35. The first-order valence-corrected chi connectivity index (χ1v) is 13.9. The summed E-state index contributed by atoms with van der Waals surface area (Å²) >= 11 is 12.3. The van der Waals surface area contributed by atoms with E-state index in [0.717, 1.165) is 54.0 Å². The van der Waals surface area contributed by atoms with Crippen LogP contribution >= 0.6 is 23.2 Å². The maximum absolute atomic E-state index is 13.7. The van der Waals surface area contributed by atoms with E-state index in [1.807, 2.05) is 32.1 Å². The molecule has 1 aliphatic rings. The van der Waals surface area contributed by atoms with Crippen LogP contribution in [0.3, 0.4) is 0 Å². The molecule has 0 N–H and O–H groups in total. The molecule has 1 fully saturated rings. The molecule has 0 aromatic heterocycles. The van der Waals surface area contributed by atoms with Crippen molar-refractivity contribution in [3.8, 4) is 17.2 Å². The fourth-order valence-corrected chi connectivity index (χ4v) is 5.29. The molecule has 0 radical (unpaired) electrons. The van der Waals surface area contributed by atoms with Crippen molar-refractivity contribution in [2.24, 2.45) is 0 Å². The lowest BCUT2D eigenvalue weighted by Gasteiger charge is -2.34. The molecule has 0 bridgehead atoms. The van der Waals surface area contributed by atoms with E-state index in [1.165, 1.54) is 0 Å². The summed E-state index contributed by atoms with van der Waals surface area (Å²) in [5.41, 5.74) is 5.21. The van der Waals surface area contributed by atoms with Crippen molar-refractivity contribution in [2.75, 3.05) is 63.7 Å². The zero-order valence-corrected chi connectivity index (χ0v) is 24.3. The number of likely N-dealkylation sites (N-methyl/N-ethyl adjacent to an activating group) is 1. The average Bonchev–Trinajstić information content (AvgIpc) is 3.45. The van der Waals surface area contributed by atoms with E-state index in [1.54, 1.807) is 17.0 Å². The maximum atomic E-state index is 13.7. The normalized spacial score (nSPS) is 14.1. The average molecular weight is 565 g/mol. The van der Waals surface area contributed by atoms with Crippen LogP contribution < -0.4 is 9.80 Å². The first-order valence-electron chi connectivity index (χ1n) is 13.2. The van der Waals surface area contributed by atoms with Crippen molar-refractivity contribution < 1.29 is 4.79 Å². The number of carbonyl (C=O) groups is 1. The number of hydrogen-bond acceptors (Lipinski definition) is 5. The van der Waals surface area contributed by atoms with E-state index in [4.69, 9.17) is 23.2 Å². The summed E-state index contributed by atoms with van der Waals surface area (Å²) in [7, 11) is 5.90. The number of nitriles is 1. The van der Waals surface area contributed by atoms with Crippen LogP contribution in [0.5, 0.6) is 0 Å². The Labute approximate surface area is 241 Å². The van der Waals surface area contributed by atoms with Crippen LogP contribution in [0.25, 0.3) is 11.1 Å². The summed E-state index contributed by atoms with van der Waals surface area (Å²) in [5.74, 6) is -0.113. The zero-order chi connectivity index (χ0) is 27.9. The highest BCUT2D eigenvalue weighted by atomic mass is 35.5. The number of rotatable bonds is 10. The molecule has 4 rings (SSSR count). The molecule has 1 saturated heterocycles. The Morgan fingerprint density at radius 1 is 0.897 bits per heavy atom. The maximum Gasteiger partial charge on any atom is 0.243 e. The van der Waals surface area contributed by atoms with Gasteiger partial charge in [0, 0.05) is 39.1 Å². The minimum absolute atomic E-state index is 0.0142. The molecule has 3 aromatic rings. The van der Waals surface area contributed by atoms with Crippen LogP contribution in [0, 0.1) is 11.3 Å². The van der Waals surface area contributed by atoms with Gasteiger partial charge in [0.15, 0.2) is 0 Å². The number of hydrogen-bond donors (Lipinski definition) is 0. The molecular weight excluding hydrogens is 529 g/mol. The Morgan fingerprint density at radius 3 is 2.05 bits per heavy atom. The number of carbonyl (C=O) groups excluding carboxylic acids is 1. The van der Waals surface area contributed by atoms with Crippen LogP contribution in [0.2, 0.25) is 10.0 Å². The van der Waals surface area contributed by atoms with E-state index < -0.39 is 0 Å². The third-order valence-corrected chi connectivity index (χ3v) is 8.04. The van der Waals surface area contributed by atoms with Crippen molar-refractivity contribution >= 4 is 40.5 Å². The number of anilines is 2. The molecule has 8 heteroatoms. The third kappa shape index (κ3) is 7.24. The molecule has 1 aliphatic heterocycles. The zero-order valence-electron chi connectivity index (χ0n) is 22.8. The monoisotopic (exact) mass is 563 g/mol. The van der Waals surface area contributed by atoms with Crippen molar-refractivity contribution in [1.29, 1.82) is 5.26 Å². The Kier molecular flexibility index (Phi) is 9.74. The van der Waals surface area contributed by atoms with Gasteiger partial charge in [0.1, 0.15) is 6.54 Å². The standard InChI is InChI=1S/C31H35Cl2N5O/c1-35(2)26-12-10-24(11-13-26)23-6-8-25(9-7-23)30(21-37-17-4-5-18-37)38(19-16-34)31(39)22-36(3)27-14-15-28(32)29(33)20-27/h6-15,20,30H,4-5,17-19,21-22H2,1-3H3. The Hall–Kier alpha value is -3.24. The smallest absolute Gasteiger partial charge is 0.243 e. The second kappa shape index (κ2) is 13.2. The van der Waals surface area contributed by atoms with E-state index >= 15 is 0 Å². The molecule has 39 heavy (non-hydrogen) atoms. The van der Waals surface area contributed by atoms with Gasteiger partial charge in [-0.2, -0.15) is 5.26 Å². The molecule has 204 valence electrons. The number of halogens is 2. The molecule has 0 aliphatic carbocycles. The molecule has 3 aromatic carbocycles. The Balaban J connectivity index is 1.58. The topological polar surface area (TPSA) is 53.8 Å². The number of amides is 1. The van der Waals surface area contributed by atoms with Crippen LogP contribution in [0.15, 0.2) is 66.7 Å². The highest BCUT2D eigenvalue weighted by molar-refractivity contribution is 6.42. The van der Waals surface area contributed by atoms with Gasteiger partial charge < -0.3 is 19.6 Å². The van der Waals surface area contributed by atoms with Gasteiger partial charge in [-0.3, -0.25) is 4.79 Å². The fourth-order valence-electron chi connectivity index (χ4n) is 5.00. The third-order valence-electron chi connectivity index (χ3n) is 7.30. The first kappa shape index (κ1) is 28.8. The van der Waals surface area contributed by atoms with Gasteiger partial charge in [0.05, 0.1) is 28.7 Å². The summed E-state index contributed by atoms with van der Waals surface area (Å²) in [6.45, 7) is 2.84. The molecule has 1 unspecified atom stereocenters. The largest absolute Gasteiger partial charge is 0.378 e. The minimum Gasteiger partial charge on any atom is -0.378 e. The molecule has 6 nitrogen and oxygen atoms in total. The van der Waals surface area contributed by atoms with Gasteiger partial charge in [-0.1, -0.05) is 59.6 Å². The lowest BCUT2D eigenvalue weighted by Crippen LogP contribution is -2.45. The molecule has 1 atom stereocenters. The minimum atomic E-state index is -0.234. The SMILES string of the molecule is CN(C)c1ccc(-c2ccc(C(CN3CCCC3)N(CC#N)C(=O)CN(C)c3ccc(Cl)c(Cl)c3)cc2)cc1. The summed E-state index contributed by atoms with van der Waals surface area (Å²) in [6, 6.07) is 24.2. The Bertz CT molecular complexity index is 1300. The van der Waals surface area contributed by atoms with Gasteiger partial charge in [-0.15, -0.1) is 0 Å². The highest BCUT2D eigenvalue weighted by Crippen LogP contribution is 2.30. The van der Waals surface area contributed by atoms with E-state index in [2.05, 4.69) is 64.4 Å². The Morgan fingerprint density at radius 2 is 1.49 bits per heavy atom. The summed E-state index contributed by atoms with van der Waals surface area (Å²) in [6.07, 6.45) is 2.31. The second-order valence-electron chi connectivity index (χ2n) is 10.2. The van der Waals surface area contributed by atoms with Crippen LogP contribution in [0.1, 0.15) is 24.4 Å². The second-order valence-corrected chi connectivity index (χ2v) is 11.0. The van der Waals surface area contributed by atoms with Gasteiger partial charge in [-0.05, 0) is 73.0 Å². The van der Waals surface area contributed by atoms with Crippen molar-refractivity contribution in [3.63, 3.8) is 0 Å². The summed E-state index contributed by atoms with van der Waals surface area (Å²) in [5, 5.41) is 10.6. The van der Waals surface area contributed by atoms with Crippen molar-refractivity contribution in [3.05, 3.63) is 82.3 Å². The van der Waals surface area contributed by atoms with E-state index in [-0.39, 0.29) is 25.0 Å². The summed E-state index contributed by atoms with van der Waals surface area (Å²) in [4.78, 5) is 21.7. The van der Waals surface area contributed by atoms with E-state index in [0.29, 0.717) is 16.6 Å². The molecule has 1 amide bonds. The van der Waals surface area contributed by atoms with Crippen LogP contribution in [-0.4, -0.2) is 69.6 Å². The van der Waals surface area contributed by atoms with Crippen molar-refractivity contribution in [1.82, 2.24) is 9.80 Å². The molecule has 0 spiro atoms. The summed E-state index contributed by atoms with van der Waals surface area (Å²) < 4.78 is 0. The van der Waals surface area contributed by atoms with Gasteiger partial charge >= 0.3 is 0 Å².